The Morgan fingerprint density at radius 1 is 0.900 bits per heavy atom. The van der Waals surface area contributed by atoms with Gasteiger partial charge in [0.15, 0.2) is 0 Å². The van der Waals surface area contributed by atoms with E-state index in [1.807, 2.05) is 0 Å². The summed E-state index contributed by atoms with van der Waals surface area (Å²) in [6.45, 7) is 0.0878. The molecule has 0 saturated heterocycles. The molecule has 0 saturated carbocycles. The molecule has 0 aliphatic carbocycles. The molecule has 6 N–H and O–H groups in total. The lowest BCUT2D eigenvalue weighted by Crippen LogP contribution is -2.50. The summed E-state index contributed by atoms with van der Waals surface area (Å²) in [6, 6.07) is 0. The number of aliphatic hydroxyl groups excluding tert-OH is 6. The van der Waals surface area contributed by atoms with E-state index in [-0.39, 0.29) is 0 Å². The minimum absolute atomic E-state index is 0.840. The summed E-state index contributed by atoms with van der Waals surface area (Å²) < 4.78 is 0. The molecule has 0 aliphatic rings. The molecule has 0 aromatic rings. The largest absolute Gasteiger partial charge is 0.394 e. The smallest absolute Gasteiger partial charge is 0.358 e. The van der Waals surface area contributed by atoms with Crippen LogP contribution in [-0.4, -0.2) is 79.7 Å². The number of carbonyl (C=O) groups excluding carboxylic acids is 2. The number of rotatable bonds is 7. The van der Waals surface area contributed by atoms with E-state index in [1.54, 1.807) is 0 Å². The standard InChI is InChI=1S/C10H18O10/c1-4(12)19-20-7(15)2-5(13)8(16)10(18)9(17)6(14)3-11/h5-6,8-11,13-14,16-18H,2-3H2,1H3/t5?,6-,8-,9-,10-/m1/s1. The van der Waals surface area contributed by atoms with Crippen molar-refractivity contribution in [2.75, 3.05) is 6.61 Å². The molecule has 0 aromatic carbocycles. The van der Waals surface area contributed by atoms with Crippen molar-refractivity contribution in [3.05, 3.63) is 0 Å². The zero-order valence-corrected chi connectivity index (χ0v) is 10.6. The van der Waals surface area contributed by atoms with E-state index < -0.39 is 55.5 Å². The van der Waals surface area contributed by atoms with Gasteiger partial charge in [-0.05, 0) is 0 Å². The highest BCUT2D eigenvalue weighted by atomic mass is 17.2. The van der Waals surface area contributed by atoms with Crippen LogP contribution in [0, 0.1) is 0 Å². The molecule has 10 heteroatoms. The maximum Gasteiger partial charge on any atom is 0.358 e. The van der Waals surface area contributed by atoms with Crippen molar-refractivity contribution in [3.8, 4) is 0 Å². The zero-order chi connectivity index (χ0) is 15.9. The summed E-state index contributed by atoms with van der Waals surface area (Å²) in [4.78, 5) is 29.2. The number of carbonyl (C=O) groups is 2. The first kappa shape index (κ1) is 18.7. The molecule has 0 fully saturated rings. The van der Waals surface area contributed by atoms with Crippen LogP contribution in [0.3, 0.4) is 0 Å². The van der Waals surface area contributed by atoms with Crippen molar-refractivity contribution in [2.24, 2.45) is 0 Å². The van der Waals surface area contributed by atoms with Gasteiger partial charge >= 0.3 is 11.9 Å². The van der Waals surface area contributed by atoms with Crippen LogP contribution in [0.2, 0.25) is 0 Å². The van der Waals surface area contributed by atoms with Gasteiger partial charge in [0.1, 0.15) is 24.4 Å². The van der Waals surface area contributed by atoms with E-state index in [0.29, 0.717) is 0 Å². The predicted molar refractivity (Wildman–Crippen MR) is 59.6 cm³/mol. The van der Waals surface area contributed by atoms with Gasteiger partial charge < -0.3 is 30.6 Å². The second-order valence-corrected chi connectivity index (χ2v) is 4.02. The second kappa shape index (κ2) is 8.79. The van der Waals surface area contributed by atoms with Gasteiger partial charge in [-0.15, -0.1) is 0 Å². The fraction of sp³-hybridized carbons (Fsp3) is 0.800. The Kier molecular flexibility index (Phi) is 8.22. The average molecular weight is 298 g/mol. The van der Waals surface area contributed by atoms with Gasteiger partial charge in [-0.2, -0.15) is 0 Å². The lowest BCUT2D eigenvalue weighted by molar-refractivity contribution is -0.259. The summed E-state index contributed by atoms with van der Waals surface area (Å²) in [5.74, 6) is -2.11. The first-order valence-electron chi connectivity index (χ1n) is 5.59. The van der Waals surface area contributed by atoms with Gasteiger partial charge in [0.05, 0.1) is 19.1 Å². The van der Waals surface area contributed by atoms with E-state index in [9.17, 15) is 30.0 Å². The first-order valence-corrected chi connectivity index (χ1v) is 5.59. The molecule has 0 heterocycles. The molecule has 20 heavy (non-hydrogen) atoms. The highest BCUT2D eigenvalue weighted by molar-refractivity contribution is 5.71. The Bertz CT molecular complexity index is 319. The van der Waals surface area contributed by atoms with Gasteiger partial charge in [0.2, 0.25) is 0 Å². The Morgan fingerprint density at radius 2 is 1.40 bits per heavy atom. The maximum absolute atomic E-state index is 11.0. The molecule has 10 nitrogen and oxygen atoms in total. The van der Waals surface area contributed by atoms with Crippen LogP contribution in [0.1, 0.15) is 13.3 Å². The minimum Gasteiger partial charge on any atom is -0.394 e. The van der Waals surface area contributed by atoms with Crippen LogP contribution in [0.25, 0.3) is 0 Å². The number of hydrogen-bond donors (Lipinski definition) is 6. The van der Waals surface area contributed by atoms with Crippen LogP contribution in [-0.2, 0) is 19.4 Å². The van der Waals surface area contributed by atoms with Gasteiger partial charge in [-0.3, -0.25) is 0 Å². The lowest BCUT2D eigenvalue weighted by atomic mass is 9.98. The Labute approximate surface area is 113 Å². The van der Waals surface area contributed by atoms with Gasteiger partial charge in [-0.1, -0.05) is 0 Å². The van der Waals surface area contributed by atoms with E-state index >= 15 is 0 Å². The SMILES string of the molecule is CC(=O)OOC(=O)CC(O)[C@@H](O)[C@@H](O)[C@H](O)[C@H](O)CO. The lowest BCUT2D eigenvalue weighted by Gasteiger charge is -2.27. The molecule has 0 amide bonds. The molecule has 0 bridgehead atoms. The van der Waals surface area contributed by atoms with Crippen LogP contribution >= 0.6 is 0 Å². The van der Waals surface area contributed by atoms with Crippen LogP contribution in [0.5, 0.6) is 0 Å². The van der Waals surface area contributed by atoms with E-state index in [0.717, 1.165) is 6.92 Å². The monoisotopic (exact) mass is 298 g/mol. The number of hydrogen-bond acceptors (Lipinski definition) is 10. The molecule has 0 aromatic heterocycles. The summed E-state index contributed by atoms with van der Waals surface area (Å²) in [6.07, 6.45) is -10.4. The van der Waals surface area contributed by atoms with E-state index in [2.05, 4.69) is 9.78 Å². The molecule has 5 atom stereocenters. The molecular weight excluding hydrogens is 280 g/mol. The molecule has 0 radical (unpaired) electrons. The summed E-state index contributed by atoms with van der Waals surface area (Å²) in [5, 5.41) is 55.2. The van der Waals surface area contributed by atoms with Crippen molar-refractivity contribution in [2.45, 2.75) is 43.9 Å². The van der Waals surface area contributed by atoms with Crippen LogP contribution < -0.4 is 0 Å². The fourth-order valence-corrected chi connectivity index (χ4v) is 1.20. The molecule has 0 spiro atoms. The van der Waals surface area contributed by atoms with Crippen molar-refractivity contribution in [1.82, 2.24) is 0 Å². The highest BCUT2D eigenvalue weighted by Crippen LogP contribution is 2.11. The van der Waals surface area contributed by atoms with E-state index in [1.165, 1.54) is 0 Å². The third kappa shape index (κ3) is 6.23. The third-order valence-corrected chi connectivity index (χ3v) is 2.30. The first-order chi connectivity index (χ1) is 9.20. The van der Waals surface area contributed by atoms with Gasteiger partial charge in [0.25, 0.3) is 0 Å². The Morgan fingerprint density at radius 3 is 1.85 bits per heavy atom. The summed E-state index contributed by atoms with van der Waals surface area (Å²) in [7, 11) is 0. The zero-order valence-electron chi connectivity index (χ0n) is 10.6. The molecule has 1 unspecified atom stereocenters. The minimum atomic E-state index is -2.02. The van der Waals surface area contributed by atoms with Crippen molar-refractivity contribution >= 4 is 11.9 Å². The Hall–Kier alpha value is -1.30. The quantitative estimate of drug-likeness (QED) is 0.202. The topological polar surface area (TPSA) is 174 Å². The average Bonchev–Trinajstić information content (AvgIpc) is 2.41. The molecule has 0 rings (SSSR count). The van der Waals surface area contributed by atoms with Gasteiger partial charge in [-0.25, -0.2) is 19.4 Å². The normalized spacial score (nSPS) is 18.6. The fourth-order valence-electron chi connectivity index (χ4n) is 1.20. The Balaban J connectivity index is 4.35. The predicted octanol–water partition coefficient (Wildman–Crippen LogP) is -3.81. The molecule has 0 aliphatic heterocycles. The van der Waals surface area contributed by atoms with Crippen molar-refractivity contribution in [1.29, 1.82) is 0 Å². The summed E-state index contributed by atoms with van der Waals surface area (Å²) >= 11 is 0. The molecule has 118 valence electrons. The third-order valence-electron chi connectivity index (χ3n) is 2.30. The van der Waals surface area contributed by atoms with Crippen molar-refractivity contribution < 1.29 is 50.0 Å². The van der Waals surface area contributed by atoms with Gasteiger partial charge in [0, 0.05) is 6.92 Å². The summed E-state index contributed by atoms with van der Waals surface area (Å²) in [5.41, 5.74) is 0. The molecular formula is C10H18O10. The highest BCUT2D eigenvalue weighted by Gasteiger charge is 2.35. The van der Waals surface area contributed by atoms with Crippen molar-refractivity contribution in [3.63, 3.8) is 0 Å². The second-order valence-electron chi connectivity index (χ2n) is 4.02. The van der Waals surface area contributed by atoms with Crippen LogP contribution in [0.4, 0.5) is 0 Å². The van der Waals surface area contributed by atoms with E-state index in [4.69, 9.17) is 10.2 Å². The maximum atomic E-state index is 11.0. The van der Waals surface area contributed by atoms with Crippen LogP contribution in [0.15, 0.2) is 0 Å². The number of aliphatic hydroxyl groups is 6.